The molecule has 2 aliphatic heterocycles. The van der Waals surface area contributed by atoms with Crippen LogP contribution in [0, 0.1) is 0 Å². The Hall–Kier alpha value is -1.34. The van der Waals surface area contributed by atoms with E-state index in [1.165, 1.54) is 5.56 Å². The molecule has 2 saturated heterocycles. The predicted molar refractivity (Wildman–Crippen MR) is 115 cm³/mol. The van der Waals surface area contributed by atoms with Crippen molar-refractivity contribution in [3.8, 4) is 0 Å². The molecule has 0 saturated carbocycles. The van der Waals surface area contributed by atoms with Gasteiger partial charge in [0.2, 0.25) is 0 Å². The number of amides is 1. The zero-order valence-electron chi connectivity index (χ0n) is 16.1. The van der Waals surface area contributed by atoms with Gasteiger partial charge in [0.05, 0.1) is 0 Å². The van der Waals surface area contributed by atoms with Crippen molar-refractivity contribution < 1.29 is 14.7 Å². The van der Waals surface area contributed by atoms with Gasteiger partial charge < -0.3 is 15.3 Å². The van der Waals surface area contributed by atoms with E-state index in [0.717, 1.165) is 51.1 Å². The quantitative estimate of drug-likeness (QED) is 0.723. The van der Waals surface area contributed by atoms with Gasteiger partial charge in [-0.3, -0.25) is 14.5 Å². The van der Waals surface area contributed by atoms with Crippen LogP contribution in [0.15, 0.2) is 24.3 Å². The van der Waals surface area contributed by atoms with E-state index in [1.807, 2.05) is 17.0 Å². The van der Waals surface area contributed by atoms with Crippen molar-refractivity contribution >= 4 is 36.7 Å². The molecule has 2 heterocycles. The number of piperazine rings is 1. The molecule has 2 N–H and O–H groups in total. The third-order valence-corrected chi connectivity index (χ3v) is 5.49. The minimum atomic E-state index is -0.744. The highest BCUT2D eigenvalue weighted by molar-refractivity contribution is 5.94. The fourth-order valence-electron chi connectivity index (χ4n) is 3.86. The highest BCUT2D eigenvalue weighted by atomic mass is 35.5. The number of benzene rings is 1. The first-order chi connectivity index (χ1) is 12.6. The van der Waals surface area contributed by atoms with Gasteiger partial charge in [-0.05, 0) is 62.5 Å². The van der Waals surface area contributed by atoms with Crippen molar-refractivity contribution in [2.45, 2.75) is 31.6 Å². The summed E-state index contributed by atoms with van der Waals surface area (Å²) >= 11 is 0. The second-order valence-electron chi connectivity index (χ2n) is 7.28. The molecule has 2 aliphatic rings. The van der Waals surface area contributed by atoms with Crippen LogP contribution in [0.5, 0.6) is 0 Å². The van der Waals surface area contributed by atoms with Crippen LogP contribution in [0.4, 0.5) is 0 Å². The minimum absolute atomic E-state index is 0. The lowest BCUT2D eigenvalue weighted by molar-refractivity contribution is -0.137. The number of carbonyl (C=O) groups excluding carboxylic acids is 1. The van der Waals surface area contributed by atoms with Crippen LogP contribution in [0.1, 0.15) is 47.5 Å². The number of hydrogen-bond acceptors (Lipinski definition) is 4. The summed E-state index contributed by atoms with van der Waals surface area (Å²) in [7, 11) is 0. The van der Waals surface area contributed by atoms with E-state index in [4.69, 9.17) is 5.11 Å². The van der Waals surface area contributed by atoms with Crippen LogP contribution >= 0.6 is 24.8 Å². The average Bonchev–Trinajstić information content (AvgIpc) is 2.68. The molecule has 0 aromatic heterocycles. The molecule has 0 atom stereocenters. The van der Waals surface area contributed by atoms with Gasteiger partial charge in [0, 0.05) is 38.2 Å². The number of carboxylic acids is 1. The molecule has 8 heteroatoms. The van der Waals surface area contributed by atoms with E-state index < -0.39 is 5.97 Å². The summed E-state index contributed by atoms with van der Waals surface area (Å²) < 4.78 is 0. The number of hydrogen-bond donors (Lipinski definition) is 2. The lowest BCUT2D eigenvalue weighted by atomic mass is 9.90. The number of carbonyl (C=O) groups is 2. The predicted octanol–water partition coefficient (Wildman–Crippen LogP) is 2.62. The molecule has 1 amide bonds. The third-order valence-electron chi connectivity index (χ3n) is 5.49. The Bertz CT molecular complexity index is 614. The Kier molecular flexibility index (Phi) is 10.8. The minimum Gasteiger partial charge on any atom is -0.481 e. The number of rotatable bonds is 6. The van der Waals surface area contributed by atoms with Crippen molar-refractivity contribution in [3.05, 3.63) is 35.4 Å². The van der Waals surface area contributed by atoms with Gasteiger partial charge in [-0.25, -0.2) is 0 Å². The van der Waals surface area contributed by atoms with E-state index in [0.29, 0.717) is 25.4 Å². The molecule has 0 spiro atoms. The van der Waals surface area contributed by atoms with E-state index in [9.17, 15) is 9.59 Å². The summed E-state index contributed by atoms with van der Waals surface area (Å²) in [6.45, 7) is 5.99. The van der Waals surface area contributed by atoms with Gasteiger partial charge >= 0.3 is 5.97 Å². The molecular weight excluding hydrogens is 401 g/mol. The maximum Gasteiger partial charge on any atom is 0.303 e. The molecule has 0 unspecified atom stereocenters. The number of piperidine rings is 1. The lowest BCUT2D eigenvalue weighted by Crippen LogP contribution is -2.48. The molecule has 0 radical (unpaired) electrons. The Morgan fingerprint density at radius 2 is 1.61 bits per heavy atom. The first-order valence-electron chi connectivity index (χ1n) is 9.67. The normalized spacial score (nSPS) is 18.1. The van der Waals surface area contributed by atoms with Gasteiger partial charge in [0.25, 0.3) is 5.91 Å². The molecule has 158 valence electrons. The maximum atomic E-state index is 12.7. The van der Waals surface area contributed by atoms with Crippen molar-refractivity contribution in [3.63, 3.8) is 0 Å². The van der Waals surface area contributed by atoms with Crippen molar-refractivity contribution in [1.82, 2.24) is 15.1 Å². The van der Waals surface area contributed by atoms with E-state index >= 15 is 0 Å². The van der Waals surface area contributed by atoms with E-state index in [2.05, 4.69) is 22.3 Å². The highest BCUT2D eigenvalue weighted by Gasteiger charge is 2.22. The molecule has 3 rings (SSSR count). The summed E-state index contributed by atoms with van der Waals surface area (Å²) in [5, 5.41) is 12.1. The third kappa shape index (κ3) is 6.92. The summed E-state index contributed by atoms with van der Waals surface area (Å²) in [5.74, 6) is -0.0338. The van der Waals surface area contributed by atoms with Gasteiger partial charge in [0.1, 0.15) is 0 Å². The summed E-state index contributed by atoms with van der Waals surface area (Å²) in [5.41, 5.74) is 2.10. The average molecular weight is 432 g/mol. The van der Waals surface area contributed by atoms with Crippen LogP contribution in [0.25, 0.3) is 0 Å². The first-order valence-corrected chi connectivity index (χ1v) is 9.67. The van der Waals surface area contributed by atoms with Crippen molar-refractivity contribution in [2.24, 2.45) is 0 Å². The van der Waals surface area contributed by atoms with Crippen molar-refractivity contribution in [1.29, 1.82) is 0 Å². The number of nitrogens with zero attached hydrogens (tertiary/aromatic N) is 2. The maximum absolute atomic E-state index is 12.7. The Balaban J connectivity index is 0.00000196. The van der Waals surface area contributed by atoms with Crippen LogP contribution in [0.3, 0.4) is 0 Å². The van der Waals surface area contributed by atoms with Crippen LogP contribution in [-0.4, -0.2) is 72.6 Å². The lowest BCUT2D eigenvalue weighted by Gasteiger charge is -2.34. The first kappa shape index (κ1) is 24.7. The fraction of sp³-hybridized carbons (Fsp3) is 0.600. The molecule has 28 heavy (non-hydrogen) atoms. The number of aliphatic carboxylic acids is 1. The summed E-state index contributed by atoms with van der Waals surface area (Å²) in [4.78, 5) is 27.5. The smallest absolute Gasteiger partial charge is 0.303 e. The molecule has 6 nitrogen and oxygen atoms in total. The molecule has 0 bridgehead atoms. The Labute approximate surface area is 179 Å². The second kappa shape index (κ2) is 12.3. The molecule has 2 fully saturated rings. The van der Waals surface area contributed by atoms with Gasteiger partial charge in [-0.15, -0.1) is 24.8 Å². The van der Waals surface area contributed by atoms with Gasteiger partial charge in [-0.1, -0.05) is 12.1 Å². The van der Waals surface area contributed by atoms with Crippen molar-refractivity contribution in [2.75, 3.05) is 45.8 Å². The Morgan fingerprint density at radius 1 is 1.00 bits per heavy atom. The fourth-order valence-corrected chi connectivity index (χ4v) is 3.86. The number of nitrogens with one attached hydrogen (secondary N) is 1. The topological polar surface area (TPSA) is 72.9 Å². The van der Waals surface area contributed by atoms with Gasteiger partial charge in [-0.2, -0.15) is 0 Å². The standard InChI is InChI=1S/C20H29N3O3.2ClH/c24-19(25)2-1-11-22-12-14-23(15-13-22)20(26)18-5-3-16(4-6-18)17-7-9-21-10-8-17;;/h3-6,17,21H,1-2,7-15H2,(H,24,25);2*1H. The van der Waals surface area contributed by atoms with Gasteiger partial charge in [0.15, 0.2) is 0 Å². The molecule has 1 aromatic carbocycles. The number of halogens is 2. The van der Waals surface area contributed by atoms with E-state index in [-0.39, 0.29) is 37.1 Å². The summed E-state index contributed by atoms with van der Waals surface area (Å²) in [6.07, 6.45) is 3.21. The zero-order chi connectivity index (χ0) is 18.4. The highest BCUT2D eigenvalue weighted by Crippen LogP contribution is 2.25. The molecular formula is C20H31Cl2N3O3. The molecule has 1 aromatic rings. The summed E-state index contributed by atoms with van der Waals surface area (Å²) in [6, 6.07) is 8.18. The number of carboxylic acid groups (broad SMARTS) is 1. The van der Waals surface area contributed by atoms with Crippen LogP contribution < -0.4 is 5.32 Å². The second-order valence-corrected chi connectivity index (χ2v) is 7.28. The van der Waals surface area contributed by atoms with E-state index in [1.54, 1.807) is 0 Å². The SMILES string of the molecule is Cl.Cl.O=C(O)CCCN1CCN(C(=O)c2ccc(C3CCNCC3)cc2)CC1. The molecule has 0 aliphatic carbocycles. The van der Waals surface area contributed by atoms with Crippen LogP contribution in [-0.2, 0) is 4.79 Å². The monoisotopic (exact) mass is 431 g/mol. The van der Waals surface area contributed by atoms with Crippen LogP contribution in [0.2, 0.25) is 0 Å². The Morgan fingerprint density at radius 3 is 2.18 bits per heavy atom. The largest absolute Gasteiger partial charge is 0.481 e. The zero-order valence-corrected chi connectivity index (χ0v) is 17.8.